The van der Waals surface area contributed by atoms with Gasteiger partial charge in [-0.1, -0.05) is 17.7 Å². The van der Waals surface area contributed by atoms with Gasteiger partial charge in [0, 0.05) is 43.1 Å². The zero-order chi connectivity index (χ0) is 16.9. The molecule has 0 bridgehead atoms. The first-order valence-corrected chi connectivity index (χ1v) is 8.44. The number of halogens is 1. The number of hydrogen-bond acceptors (Lipinski definition) is 4. The Kier molecular flexibility index (Phi) is 5.20. The molecule has 0 radical (unpaired) electrons. The van der Waals surface area contributed by atoms with E-state index in [0.717, 1.165) is 23.8 Å². The highest BCUT2D eigenvalue weighted by Gasteiger charge is 2.25. The van der Waals surface area contributed by atoms with E-state index in [2.05, 4.69) is 9.88 Å². The molecule has 1 aliphatic rings. The topological polar surface area (TPSA) is 45.7 Å². The van der Waals surface area contributed by atoms with Crippen LogP contribution in [0.25, 0.3) is 0 Å². The average Bonchev–Trinajstić information content (AvgIpc) is 2.62. The Morgan fingerprint density at radius 1 is 1.21 bits per heavy atom. The van der Waals surface area contributed by atoms with Gasteiger partial charge < -0.3 is 14.5 Å². The molecule has 126 valence electrons. The van der Waals surface area contributed by atoms with Crippen molar-refractivity contribution in [3.63, 3.8) is 0 Å². The van der Waals surface area contributed by atoms with Gasteiger partial charge in [-0.3, -0.25) is 4.79 Å². The first kappa shape index (κ1) is 16.6. The second-order valence-electron chi connectivity index (χ2n) is 5.55. The molecule has 3 rings (SSSR count). The molecule has 1 amide bonds. The van der Waals surface area contributed by atoms with Gasteiger partial charge in [-0.05, 0) is 37.3 Å². The van der Waals surface area contributed by atoms with Crippen molar-refractivity contribution in [2.24, 2.45) is 0 Å². The predicted octanol–water partition coefficient (Wildman–Crippen LogP) is 3.10. The van der Waals surface area contributed by atoms with E-state index < -0.39 is 0 Å². The summed E-state index contributed by atoms with van der Waals surface area (Å²) in [4.78, 5) is 21.0. The summed E-state index contributed by atoms with van der Waals surface area (Å²) in [5.74, 6) is 0.375. The van der Waals surface area contributed by atoms with Gasteiger partial charge in [0.1, 0.15) is 5.56 Å². The van der Waals surface area contributed by atoms with Crippen molar-refractivity contribution in [2.45, 2.75) is 6.92 Å². The summed E-state index contributed by atoms with van der Waals surface area (Å²) in [5, 5.41) is 0.725. The zero-order valence-corrected chi connectivity index (χ0v) is 14.4. The number of nitrogens with zero attached hydrogens (tertiary/aromatic N) is 3. The minimum absolute atomic E-state index is 0.0303. The van der Waals surface area contributed by atoms with Crippen LogP contribution in [0.3, 0.4) is 0 Å². The number of piperazine rings is 1. The first-order chi connectivity index (χ1) is 11.7. The van der Waals surface area contributed by atoms with Gasteiger partial charge in [-0.25, -0.2) is 4.98 Å². The summed E-state index contributed by atoms with van der Waals surface area (Å²) in [6.07, 6.45) is 1.64. The van der Waals surface area contributed by atoms with E-state index in [1.54, 1.807) is 18.3 Å². The van der Waals surface area contributed by atoms with Crippen molar-refractivity contribution in [1.29, 1.82) is 0 Å². The lowest BCUT2D eigenvalue weighted by molar-refractivity contribution is 0.0741. The highest BCUT2D eigenvalue weighted by molar-refractivity contribution is 6.30. The van der Waals surface area contributed by atoms with Crippen LogP contribution in [0.5, 0.6) is 5.88 Å². The predicted molar refractivity (Wildman–Crippen MR) is 95.0 cm³/mol. The monoisotopic (exact) mass is 345 g/mol. The molecule has 1 fully saturated rings. The largest absolute Gasteiger partial charge is 0.477 e. The summed E-state index contributed by atoms with van der Waals surface area (Å²) in [7, 11) is 0. The molecule has 0 atom stereocenters. The fraction of sp³-hybridized carbons (Fsp3) is 0.333. The van der Waals surface area contributed by atoms with Gasteiger partial charge in [0.2, 0.25) is 5.88 Å². The third kappa shape index (κ3) is 3.62. The fourth-order valence-corrected chi connectivity index (χ4v) is 3.00. The molecule has 0 saturated carbocycles. The Morgan fingerprint density at radius 2 is 2.00 bits per heavy atom. The number of aromatic nitrogens is 1. The number of hydrogen-bond donors (Lipinski definition) is 0. The van der Waals surface area contributed by atoms with E-state index in [9.17, 15) is 4.79 Å². The van der Waals surface area contributed by atoms with E-state index in [-0.39, 0.29) is 5.91 Å². The van der Waals surface area contributed by atoms with Gasteiger partial charge in [0.25, 0.3) is 5.91 Å². The third-order valence-electron chi connectivity index (χ3n) is 4.02. The Bertz CT molecular complexity index is 715. The second-order valence-corrected chi connectivity index (χ2v) is 5.98. The molecule has 5 nitrogen and oxygen atoms in total. The van der Waals surface area contributed by atoms with E-state index in [0.29, 0.717) is 31.1 Å². The Hall–Kier alpha value is -2.27. The van der Waals surface area contributed by atoms with Crippen molar-refractivity contribution >= 4 is 23.2 Å². The Balaban J connectivity index is 1.67. The van der Waals surface area contributed by atoms with Gasteiger partial charge in [-0.2, -0.15) is 0 Å². The minimum Gasteiger partial charge on any atom is -0.477 e. The lowest BCUT2D eigenvalue weighted by atomic mass is 10.2. The first-order valence-electron chi connectivity index (χ1n) is 8.06. The summed E-state index contributed by atoms with van der Waals surface area (Å²) in [6, 6.07) is 11.3. The van der Waals surface area contributed by atoms with E-state index in [4.69, 9.17) is 16.3 Å². The molecule has 1 aliphatic heterocycles. The summed E-state index contributed by atoms with van der Waals surface area (Å²) < 4.78 is 5.47. The van der Waals surface area contributed by atoms with E-state index in [1.165, 1.54) is 0 Å². The molecule has 24 heavy (non-hydrogen) atoms. The Morgan fingerprint density at radius 3 is 2.71 bits per heavy atom. The molecule has 2 aromatic rings. The lowest BCUT2D eigenvalue weighted by Gasteiger charge is -2.36. The molecule has 0 aliphatic carbocycles. The lowest BCUT2D eigenvalue weighted by Crippen LogP contribution is -2.48. The number of carbonyl (C=O) groups excluding carboxylic acids is 1. The van der Waals surface area contributed by atoms with Gasteiger partial charge >= 0.3 is 0 Å². The van der Waals surface area contributed by atoms with Crippen molar-refractivity contribution in [3.8, 4) is 5.88 Å². The molecule has 2 heterocycles. The van der Waals surface area contributed by atoms with Crippen molar-refractivity contribution in [3.05, 3.63) is 53.2 Å². The van der Waals surface area contributed by atoms with Crippen LogP contribution in [0, 0.1) is 0 Å². The van der Waals surface area contributed by atoms with Crippen LogP contribution in [0.15, 0.2) is 42.6 Å². The molecule has 1 saturated heterocycles. The quantitative estimate of drug-likeness (QED) is 0.854. The number of pyridine rings is 1. The summed E-state index contributed by atoms with van der Waals surface area (Å²) in [5.41, 5.74) is 1.61. The number of amides is 1. The molecule has 1 aromatic heterocycles. The smallest absolute Gasteiger partial charge is 0.259 e. The maximum absolute atomic E-state index is 12.8. The highest BCUT2D eigenvalue weighted by atomic mass is 35.5. The van der Waals surface area contributed by atoms with Crippen molar-refractivity contribution in [2.75, 3.05) is 37.7 Å². The van der Waals surface area contributed by atoms with Crippen LogP contribution in [-0.4, -0.2) is 48.6 Å². The molecule has 0 unspecified atom stereocenters. The zero-order valence-electron chi connectivity index (χ0n) is 13.6. The minimum atomic E-state index is -0.0303. The highest BCUT2D eigenvalue weighted by Crippen LogP contribution is 2.22. The normalized spacial score (nSPS) is 14.6. The van der Waals surface area contributed by atoms with Gasteiger partial charge in [0.05, 0.1) is 6.61 Å². The van der Waals surface area contributed by atoms with Crippen LogP contribution >= 0.6 is 11.6 Å². The van der Waals surface area contributed by atoms with Crippen LogP contribution < -0.4 is 9.64 Å². The SMILES string of the molecule is CCOc1ncccc1C(=O)N1CCN(c2cccc(Cl)c2)CC1. The summed E-state index contributed by atoms with van der Waals surface area (Å²) in [6.45, 7) is 5.23. The molecular formula is C18H20ClN3O2. The van der Waals surface area contributed by atoms with Crippen molar-refractivity contribution < 1.29 is 9.53 Å². The second kappa shape index (κ2) is 7.53. The molecule has 0 N–H and O–H groups in total. The number of ether oxygens (including phenoxy) is 1. The third-order valence-corrected chi connectivity index (χ3v) is 4.26. The van der Waals surface area contributed by atoms with Gasteiger partial charge in [-0.15, -0.1) is 0 Å². The van der Waals surface area contributed by atoms with E-state index in [1.807, 2.05) is 36.1 Å². The van der Waals surface area contributed by atoms with Gasteiger partial charge in [0.15, 0.2) is 0 Å². The van der Waals surface area contributed by atoms with Crippen LogP contribution in [0.1, 0.15) is 17.3 Å². The standard InChI is InChI=1S/C18H20ClN3O2/c1-2-24-17-16(7-4-8-20-17)18(23)22-11-9-21(10-12-22)15-6-3-5-14(19)13-15/h3-8,13H,2,9-12H2,1H3. The maximum atomic E-state index is 12.8. The maximum Gasteiger partial charge on any atom is 0.259 e. The number of anilines is 1. The summed E-state index contributed by atoms with van der Waals surface area (Å²) >= 11 is 6.06. The van der Waals surface area contributed by atoms with Crippen LogP contribution in [0.2, 0.25) is 5.02 Å². The molecule has 0 spiro atoms. The average molecular weight is 346 g/mol. The fourth-order valence-electron chi connectivity index (χ4n) is 2.82. The van der Waals surface area contributed by atoms with Crippen LogP contribution in [-0.2, 0) is 0 Å². The van der Waals surface area contributed by atoms with Crippen LogP contribution in [0.4, 0.5) is 5.69 Å². The van der Waals surface area contributed by atoms with E-state index >= 15 is 0 Å². The molecule has 1 aromatic carbocycles. The number of benzene rings is 1. The van der Waals surface area contributed by atoms with Crippen molar-refractivity contribution in [1.82, 2.24) is 9.88 Å². The molecular weight excluding hydrogens is 326 g/mol. The number of rotatable bonds is 4. The molecule has 6 heteroatoms. The number of carbonyl (C=O) groups is 1. The Labute approximate surface area is 146 Å².